The van der Waals surface area contributed by atoms with E-state index in [1.54, 1.807) is 11.1 Å². The van der Waals surface area contributed by atoms with Gasteiger partial charge in [0.2, 0.25) is 17.7 Å². The average molecular weight is 442 g/mol. The number of ether oxygens (including phenoxy) is 2. The molecule has 2 aromatic heterocycles. The molecule has 0 radical (unpaired) electrons. The first-order valence-electron chi connectivity index (χ1n) is 11.7. The third-order valence-corrected chi connectivity index (χ3v) is 6.87. The van der Waals surface area contributed by atoms with E-state index in [-0.39, 0.29) is 24.2 Å². The molecule has 2 aliphatic heterocycles. The highest BCUT2D eigenvalue weighted by Crippen LogP contribution is 2.38. The molecule has 2 aromatic rings. The van der Waals surface area contributed by atoms with Crippen molar-refractivity contribution in [2.24, 2.45) is 0 Å². The number of aromatic nitrogens is 3. The minimum Gasteiger partial charge on any atom is -0.474 e. The van der Waals surface area contributed by atoms with Crippen molar-refractivity contribution in [3.63, 3.8) is 0 Å². The van der Waals surface area contributed by atoms with Crippen LogP contribution in [0.4, 0.5) is 5.95 Å². The summed E-state index contributed by atoms with van der Waals surface area (Å²) in [5, 5.41) is 14.1. The van der Waals surface area contributed by atoms with Crippen molar-refractivity contribution in [3.05, 3.63) is 18.0 Å². The number of fused-ring (bicyclic) bond motifs is 1. The topological polar surface area (TPSA) is 110 Å². The normalized spacial score (nSPS) is 27.1. The van der Waals surface area contributed by atoms with Crippen LogP contribution in [-0.2, 0) is 9.53 Å². The Bertz CT molecular complexity index is 972. The number of carbonyl (C=O) groups is 1. The lowest BCUT2D eigenvalue weighted by Crippen LogP contribution is -2.26. The zero-order valence-electron chi connectivity index (χ0n) is 18.5. The van der Waals surface area contributed by atoms with Crippen molar-refractivity contribution in [1.82, 2.24) is 19.9 Å². The molecular formula is C23H31N5O4. The number of hydrogen-bond acceptors (Lipinski definition) is 8. The standard InChI is InChI=1S/C23H31N5O4/c1-28-13-15(10-20(28)30)26-23-25-12-19-21(27-23)18(14-2-4-16(29)5-3-14)11-24-22(19)32-17-6-8-31-9-7-17/h11-12,14-17,29H,2-10,13H2,1H3,(H,25,26,27)/t14-,15-,16-/m0/s1. The first-order valence-corrected chi connectivity index (χ1v) is 11.7. The molecule has 2 N–H and O–H groups in total. The van der Waals surface area contributed by atoms with Crippen LogP contribution in [0.15, 0.2) is 12.4 Å². The Hall–Kier alpha value is -2.52. The fraction of sp³-hybridized carbons (Fsp3) is 0.652. The van der Waals surface area contributed by atoms with Gasteiger partial charge in [0, 0.05) is 50.8 Å². The van der Waals surface area contributed by atoms with E-state index in [1.807, 2.05) is 13.2 Å². The van der Waals surface area contributed by atoms with Crippen molar-refractivity contribution in [1.29, 1.82) is 0 Å². The number of nitrogens with zero attached hydrogens (tertiary/aromatic N) is 4. The van der Waals surface area contributed by atoms with Crippen molar-refractivity contribution >= 4 is 22.8 Å². The molecule has 5 rings (SSSR count). The molecule has 0 spiro atoms. The SMILES string of the molecule is CN1C[C@@H](Nc2ncc3c(OC4CCOCC4)ncc([C@H]4CC[C@H](O)CC4)c3n2)CC1=O. The summed E-state index contributed by atoms with van der Waals surface area (Å²) in [7, 11) is 1.81. The number of aliphatic hydroxyl groups excluding tert-OH is 1. The van der Waals surface area contributed by atoms with Crippen molar-refractivity contribution in [2.75, 3.05) is 32.1 Å². The van der Waals surface area contributed by atoms with E-state index in [0.29, 0.717) is 43.9 Å². The maximum atomic E-state index is 11.9. The van der Waals surface area contributed by atoms with Crippen molar-refractivity contribution in [3.8, 4) is 5.88 Å². The first-order chi connectivity index (χ1) is 15.6. The second-order valence-corrected chi connectivity index (χ2v) is 9.23. The Morgan fingerprint density at radius 2 is 1.91 bits per heavy atom. The van der Waals surface area contributed by atoms with Crippen LogP contribution in [-0.4, -0.2) is 75.9 Å². The Balaban J connectivity index is 1.46. The van der Waals surface area contributed by atoms with Crippen molar-refractivity contribution < 1.29 is 19.4 Å². The second kappa shape index (κ2) is 9.15. The number of pyridine rings is 1. The maximum absolute atomic E-state index is 11.9. The first kappa shape index (κ1) is 21.3. The zero-order chi connectivity index (χ0) is 22.1. The van der Waals surface area contributed by atoms with Crippen LogP contribution in [0, 0.1) is 0 Å². The molecule has 9 nitrogen and oxygen atoms in total. The summed E-state index contributed by atoms with van der Waals surface area (Å²) in [5.74, 6) is 1.51. The highest BCUT2D eigenvalue weighted by atomic mass is 16.5. The number of carbonyl (C=O) groups excluding carboxylic acids is 1. The number of hydrogen-bond donors (Lipinski definition) is 2. The van der Waals surface area contributed by atoms with Crippen LogP contribution < -0.4 is 10.1 Å². The number of likely N-dealkylation sites (tertiary alicyclic amines) is 1. The summed E-state index contributed by atoms with van der Waals surface area (Å²) in [4.78, 5) is 27.7. The van der Waals surface area contributed by atoms with Crippen molar-refractivity contribution in [2.45, 2.75) is 69.1 Å². The number of aliphatic hydroxyl groups is 1. The van der Waals surface area contributed by atoms with E-state index in [0.717, 1.165) is 55.0 Å². The lowest BCUT2D eigenvalue weighted by Gasteiger charge is -2.27. The molecule has 1 aliphatic carbocycles. The third-order valence-electron chi connectivity index (χ3n) is 6.87. The van der Waals surface area contributed by atoms with E-state index in [2.05, 4.69) is 15.3 Å². The number of amides is 1. The van der Waals surface area contributed by atoms with Crippen LogP contribution in [0.2, 0.25) is 0 Å². The molecule has 0 aromatic carbocycles. The molecule has 2 saturated heterocycles. The molecule has 1 amide bonds. The van der Waals surface area contributed by atoms with Gasteiger partial charge in [0.1, 0.15) is 6.10 Å². The summed E-state index contributed by atoms with van der Waals surface area (Å²) in [6.45, 7) is 2.04. The van der Waals surface area contributed by atoms with Gasteiger partial charge in [0.15, 0.2) is 0 Å². The van der Waals surface area contributed by atoms with Gasteiger partial charge in [-0.25, -0.2) is 15.0 Å². The van der Waals surface area contributed by atoms with Crippen LogP contribution in [0.25, 0.3) is 10.9 Å². The summed E-state index contributed by atoms with van der Waals surface area (Å²) in [6, 6.07) is -0.00183. The van der Waals surface area contributed by atoms with Gasteiger partial charge in [-0.05, 0) is 31.6 Å². The highest BCUT2D eigenvalue weighted by molar-refractivity contribution is 5.87. The van der Waals surface area contributed by atoms with Crippen LogP contribution >= 0.6 is 0 Å². The Labute approximate surface area is 187 Å². The molecule has 9 heteroatoms. The fourth-order valence-corrected chi connectivity index (χ4v) is 4.96. The van der Waals surface area contributed by atoms with Gasteiger partial charge in [0.25, 0.3) is 0 Å². The Morgan fingerprint density at radius 3 is 2.62 bits per heavy atom. The van der Waals surface area contributed by atoms with E-state index in [4.69, 9.17) is 14.5 Å². The largest absolute Gasteiger partial charge is 0.474 e. The lowest BCUT2D eigenvalue weighted by molar-refractivity contribution is -0.126. The Morgan fingerprint density at radius 1 is 1.12 bits per heavy atom. The molecule has 32 heavy (non-hydrogen) atoms. The van der Waals surface area contributed by atoms with Gasteiger partial charge in [-0.2, -0.15) is 0 Å². The van der Waals surface area contributed by atoms with E-state index in [1.165, 1.54) is 0 Å². The number of likely N-dealkylation sites (N-methyl/N-ethyl adjacent to an activating group) is 1. The summed E-state index contributed by atoms with van der Waals surface area (Å²) >= 11 is 0. The maximum Gasteiger partial charge on any atom is 0.224 e. The second-order valence-electron chi connectivity index (χ2n) is 9.23. The van der Waals surface area contributed by atoms with Gasteiger partial charge < -0.3 is 24.8 Å². The van der Waals surface area contributed by atoms with Crippen LogP contribution in [0.3, 0.4) is 0 Å². The lowest BCUT2D eigenvalue weighted by atomic mass is 9.83. The molecule has 172 valence electrons. The van der Waals surface area contributed by atoms with E-state index < -0.39 is 0 Å². The predicted molar refractivity (Wildman–Crippen MR) is 119 cm³/mol. The van der Waals surface area contributed by atoms with Gasteiger partial charge >= 0.3 is 0 Å². The van der Waals surface area contributed by atoms with Crippen LogP contribution in [0.5, 0.6) is 5.88 Å². The fourth-order valence-electron chi connectivity index (χ4n) is 4.96. The average Bonchev–Trinajstić information content (AvgIpc) is 3.12. The molecule has 0 unspecified atom stereocenters. The smallest absolute Gasteiger partial charge is 0.224 e. The third kappa shape index (κ3) is 4.49. The quantitative estimate of drug-likeness (QED) is 0.727. The number of nitrogens with one attached hydrogen (secondary N) is 1. The monoisotopic (exact) mass is 441 g/mol. The van der Waals surface area contributed by atoms with E-state index >= 15 is 0 Å². The number of rotatable bonds is 5. The van der Waals surface area contributed by atoms with Gasteiger partial charge in [0.05, 0.1) is 36.3 Å². The molecule has 3 fully saturated rings. The summed E-state index contributed by atoms with van der Waals surface area (Å²) in [6.07, 6.45) is 9.07. The zero-order valence-corrected chi connectivity index (χ0v) is 18.5. The summed E-state index contributed by atoms with van der Waals surface area (Å²) in [5.41, 5.74) is 1.93. The molecule has 1 atom stereocenters. The van der Waals surface area contributed by atoms with Gasteiger partial charge in [-0.1, -0.05) is 0 Å². The molecule has 1 saturated carbocycles. The molecule has 4 heterocycles. The van der Waals surface area contributed by atoms with Gasteiger partial charge in [-0.15, -0.1) is 0 Å². The highest BCUT2D eigenvalue weighted by Gasteiger charge is 2.29. The minimum atomic E-state index is -0.217. The van der Waals surface area contributed by atoms with E-state index in [9.17, 15) is 9.90 Å². The molecule has 3 aliphatic rings. The summed E-state index contributed by atoms with van der Waals surface area (Å²) < 4.78 is 11.7. The minimum absolute atomic E-state index is 0.00183. The van der Waals surface area contributed by atoms with Gasteiger partial charge in [-0.3, -0.25) is 4.79 Å². The van der Waals surface area contributed by atoms with Crippen LogP contribution in [0.1, 0.15) is 56.4 Å². The predicted octanol–water partition coefficient (Wildman–Crippen LogP) is 2.24. The Kier molecular flexibility index (Phi) is 6.10. The molecular weight excluding hydrogens is 410 g/mol. The number of anilines is 1. The molecule has 0 bridgehead atoms.